The highest BCUT2D eigenvalue weighted by molar-refractivity contribution is 5.50. The smallest absolute Gasteiger partial charge is 0.191 e. The van der Waals surface area contributed by atoms with Gasteiger partial charge in [-0.1, -0.05) is 0 Å². The van der Waals surface area contributed by atoms with Gasteiger partial charge in [0.25, 0.3) is 0 Å². The SMILES string of the molecule is Fc1cc(F)c(OCc2ncccc2N2CCNCC2)c(F)c1. The molecule has 0 spiro atoms. The van der Waals surface area contributed by atoms with E-state index in [4.69, 9.17) is 4.74 Å². The summed E-state index contributed by atoms with van der Waals surface area (Å²) in [6, 6.07) is 4.89. The zero-order valence-corrected chi connectivity index (χ0v) is 12.4. The van der Waals surface area contributed by atoms with Gasteiger partial charge in [0.2, 0.25) is 0 Å². The molecular weight excluding hydrogens is 307 g/mol. The number of anilines is 1. The molecule has 122 valence electrons. The Morgan fingerprint density at radius 1 is 1.13 bits per heavy atom. The van der Waals surface area contributed by atoms with Crippen LogP contribution >= 0.6 is 0 Å². The monoisotopic (exact) mass is 323 g/mol. The number of aromatic nitrogens is 1. The van der Waals surface area contributed by atoms with Crippen molar-refractivity contribution in [1.82, 2.24) is 10.3 Å². The fraction of sp³-hybridized carbons (Fsp3) is 0.312. The standard InChI is InChI=1S/C16H16F3N3O/c17-11-8-12(18)16(13(19)9-11)23-10-14-15(2-1-3-21-14)22-6-4-20-5-7-22/h1-3,8-9,20H,4-7,10H2. The Labute approximate surface area is 131 Å². The van der Waals surface area contributed by atoms with Gasteiger partial charge in [0, 0.05) is 44.5 Å². The van der Waals surface area contributed by atoms with E-state index in [1.165, 1.54) is 0 Å². The first-order valence-corrected chi connectivity index (χ1v) is 7.32. The van der Waals surface area contributed by atoms with Gasteiger partial charge in [-0.3, -0.25) is 4.98 Å². The third-order valence-corrected chi connectivity index (χ3v) is 3.64. The average molecular weight is 323 g/mol. The predicted molar refractivity (Wildman–Crippen MR) is 80.0 cm³/mol. The van der Waals surface area contributed by atoms with E-state index >= 15 is 0 Å². The van der Waals surface area contributed by atoms with Crippen LogP contribution in [0.25, 0.3) is 0 Å². The van der Waals surface area contributed by atoms with Crippen LogP contribution in [-0.2, 0) is 6.61 Å². The van der Waals surface area contributed by atoms with Crippen molar-refractivity contribution in [2.75, 3.05) is 31.1 Å². The van der Waals surface area contributed by atoms with Gasteiger partial charge in [0.15, 0.2) is 17.4 Å². The maximum absolute atomic E-state index is 13.6. The molecule has 1 saturated heterocycles. The summed E-state index contributed by atoms with van der Waals surface area (Å²) < 4.78 is 45.4. The van der Waals surface area contributed by atoms with E-state index < -0.39 is 23.2 Å². The summed E-state index contributed by atoms with van der Waals surface area (Å²) in [5, 5.41) is 3.25. The van der Waals surface area contributed by atoms with Crippen LogP contribution < -0.4 is 15.0 Å². The highest BCUT2D eigenvalue weighted by atomic mass is 19.1. The summed E-state index contributed by atoms with van der Waals surface area (Å²) >= 11 is 0. The largest absolute Gasteiger partial charge is 0.481 e. The van der Waals surface area contributed by atoms with Crippen molar-refractivity contribution in [2.45, 2.75) is 6.61 Å². The molecule has 1 N–H and O–H groups in total. The summed E-state index contributed by atoms with van der Waals surface area (Å²) in [5.41, 5.74) is 1.45. The number of piperazine rings is 1. The van der Waals surface area contributed by atoms with Gasteiger partial charge in [-0.2, -0.15) is 0 Å². The lowest BCUT2D eigenvalue weighted by Gasteiger charge is -2.30. The lowest BCUT2D eigenvalue weighted by atomic mass is 10.2. The topological polar surface area (TPSA) is 37.4 Å². The van der Waals surface area contributed by atoms with Crippen molar-refractivity contribution < 1.29 is 17.9 Å². The van der Waals surface area contributed by atoms with E-state index in [1.54, 1.807) is 12.3 Å². The molecular formula is C16H16F3N3O. The van der Waals surface area contributed by atoms with Crippen molar-refractivity contribution in [2.24, 2.45) is 0 Å². The molecule has 0 saturated carbocycles. The van der Waals surface area contributed by atoms with Crippen LogP contribution in [0.4, 0.5) is 18.9 Å². The van der Waals surface area contributed by atoms with E-state index in [2.05, 4.69) is 15.2 Å². The van der Waals surface area contributed by atoms with Gasteiger partial charge in [-0.05, 0) is 12.1 Å². The Bertz CT molecular complexity index is 667. The molecule has 23 heavy (non-hydrogen) atoms. The van der Waals surface area contributed by atoms with Crippen LogP contribution in [0.3, 0.4) is 0 Å². The van der Waals surface area contributed by atoms with Gasteiger partial charge in [-0.15, -0.1) is 0 Å². The Balaban J connectivity index is 1.79. The molecule has 0 aliphatic carbocycles. The van der Waals surface area contributed by atoms with Crippen LogP contribution in [0.15, 0.2) is 30.5 Å². The molecule has 0 unspecified atom stereocenters. The summed E-state index contributed by atoms with van der Waals surface area (Å²) in [6.45, 7) is 3.25. The number of benzene rings is 1. The predicted octanol–water partition coefficient (Wildman–Crippen LogP) is 2.49. The molecule has 4 nitrogen and oxygen atoms in total. The number of pyridine rings is 1. The Morgan fingerprint density at radius 2 is 1.83 bits per heavy atom. The van der Waals surface area contributed by atoms with Crippen molar-refractivity contribution in [3.05, 3.63) is 53.6 Å². The zero-order chi connectivity index (χ0) is 16.2. The second kappa shape index (κ2) is 6.87. The molecule has 2 aromatic rings. The quantitative estimate of drug-likeness (QED) is 0.938. The van der Waals surface area contributed by atoms with Gasteiger partial charge in [-0.25, -0.2) is 13.2 Å². The average Bonchev–Trinajstić information content (AvgIpc) is 2.55. The Morgan fingerprint density at radius 3 is 2.52 bits per heavy atom. The van der Waals surface area contributed by atoms with Crippen LogP contribution in [-0.4, -0.2) is 31.2 Å². The summed E-state index contributed by atoms with van der Waals surface area (Å²) in [6.07, 6.45) is 1.60. The highest BCUT2D eigenvalue weighted by Gasteiger charge is 2.17. The van der Waals surface area contributed by atoms with E-state index in [0.717, 1.165) is 31.9 Å². The molecule has 7 heteroatoms. The number of halogens is 3. The lowest BCUT2D eigenvalue weighted by Crippen LogP contribution is -2.44. The van der Waals surface area contributed by atoms with Crippen LogP contribution in [0.1, 0.15) is 5.69 Å². The molecule has 0 amide bonds. The van der Waals surface area contributed by atoms with E-state index in [9.17, 15) is 13.2 Å². The van der Waals surface area contributed by atoms with Crippen LogP contribution in [0.2, 0.25) is 0 Å². The highest BCUT2D eigenvalue weighted by Crippen LogP contribution is 2.25. The molecule has 1 aromatic carbocycles. The number of hydrogen-bond acceptors (Lipinski definition) is 4. The number of nitrogens with zero attached hydrogens (tertiary/aromatic N) is 2. The van der Waals surface area contributed by atoms with Gasteiger partial charge < -0.3 is 15.0 Å². The van der Waals surface area contributed by atoms with Crippen molar-refractivity contribution >= 4 is 5.69 Å². The second-order valence-corrected chi connectivity index (χ2v) is 5.19. The first-order chi connectivity index (χ1) is 11.1. The number of ether oxygens (including phenoxy) is 1. The summed E-state index contributed by atoms with van der Waals surface area (Å²) in [4.78, 5) is 6.38. The zero-order valence-electron chi connectivity index (χ0n) is 12.4. The molecule has 1 aliphatic heterocycles. The van der Waals surface area contributed by atoms with Crippen LogP contribution in [0.5, 0.6) is 5.75 Å². The second-order valence-electron chi connectivity index (χ2n) is 5.19. The summed E-state index contributed by atoms with van der Waals surface area (Å²) in [5.74, 6) is -3.71. The Hall–Kier alpha value is -2.28. The fourth-order valence-electron chi connectivity index (χ4n) is 2.54. The van der Waals surface area contributed by atoms with Gasteiger partial charge in [0.1, 0.15) is 18.1 Å². The minimum atomic E-state index is -1.07. The van der Waals surface area contributed by atoms with E-state index in [0.29, 0.717) is 17.8 Å². The lowest BCUT2D eigenvalue weighted by molar-refractivity contribution is 0.269. The molecule has 1 aromatic heterocycles. The molecule has 1 aliphatic rings. The van der Waals surface area contributed by atoms with Crippen molar-refractivity contribution in [3.63, 3.8) is 0 Å². The van der Waals surface area contributed by atoms with Crippen molar-refractivity contribution in [1.29, 1.82) is 0 Å². The molecule has 0 atom stereocenters. The van der Waals surface area contributed by atoms with E-state index in [-0.39, 0.29) is 6.61 Å². The molecule has 3 rings (SSSR count). The number of nitrogens with one attached hydrogen (secondary N) is 1. The molecule has 1 fully saturated rings. The minimum absolute atomic E-state index is 0.0976. The first kappa shape index (κ1) is 15.6. The third kappa shape index (κ3) is 3.56. The molecule has 2 heterocycles. The number of hydrogen-bond donors (Lipinski definition) is 1. The van der Waals surface area contributed by atoms with Crippen LogP contribution in [0, 0.1) is 17.5 Å². The summed E-state index contributed by atoms with van der Waals surface area (Å²) in [7, 11) is 0. The minimum Gasteiger partial charge on any atom is -0.481 e. The van der Waals surface area contributed by atoms with Gasteiger partial charge in [0.05, 0.1) is 5.69 Å². The van der Waals surface area contributed by atoms with Crippen molar-refractivity contribution in [3.8, 4) is 5.75 Å². The maximum atomic E-state index is 13.6. The molecule has 0 bridgehead atoms. The normalized spacial score (nSPS) is 14.8. The first-order valence-electron chi connectivity index (χ1n) is 7.32. The third-order valence-electron chi connectivity index (χ3n) is 3.64. The van der Waals surface area contributed by atoms with E-state index in [1.807, 2.05) is 6.07 Å². The molecule has 0 radical (unpaired) electrons. The number of rotatable bonds is 4. The fourth-order valence-corrected chi connectivity index (χ4v) is 2.54. The van der Waals surface area contributed by atoms with Gasteiger partial charge >= 0.3 is 0 Å². The maximum Gasteiger partial charge on any atom is 0.191 e. The Kier molecular flexibility index (Phi) is 4.66.